The molecule has 0 unspecified atom stereocenters. The second-order valence-electron chi connectivity index (χ2n) is 10.4. The molecule has 0 aromatic heterocycles. The molecule has 0 aliphatic carbocycles. The molecule has 0 saturated carbocycles. The number of nitro benzene ring substituents is 1. The molecule has 242 valence electrons. The highest BCUT2D eigenvalue weighted by atomic mass is 32.2. The molecule has 45 heavy (non-hydrogen) atoms. The molecule has 1 atom stereocenters. The zero-order valence-corrected chi connectivity index (χ0v) is 27.0. The Morgan fingerprint density at radius 3 is 2.27 bits per heavy atom. The van der Waals surface area contributed by atoms with Crippen molar-refractivity contribution in [2.24, 2.45) is 0 Å². The summed E-state index contributed by atoms with van der Waals surface area (Å²) in [6.45, 7) is 5.04. The molecule has 0 aliphatic rings. The van der Waals surface area contributed by atoms with Gasteiger partial charge in [-0.3, -0.25) is 24.0 Å². The fourth-order valence-corrected chi connectivity index (χ4v) is 6.18. The number of carbonyl (C=O) groups excluding carboxylic acids is 2. The molecule has 0 radical (unpaired) electrons. The minimum absolute atomic E-state index is 0.00222. The van der Waals surface area contributed by atoms with Gasteiger partial charge >= 0.3 is 0 Å². The number of methoxy groups -OCH3 is 2. The average molecular weight is 641 g/mol. The predicted molar refractivity (Wildman–Crippen MR) is 171 cm³/mol. The fourth-order valence-electron chi connectivity index (χ4n) is 4.74. The highest BCUT2D eigenvalue weighted by molar-refractivity contribution is 7.92. The summed E-state index contributed by atoms with van der Waals surface area (Å²) in [5.41, 5.74) is 0.728. The number of hydrogen-bond donors (Lipinski definition) is 1. The number of carbonyl (C=O) groups is 2. The van der Waals surface area contributed by atoms with Crippen LogP contribution in [0.1, 0.15) is 44.2 Å². The van der Waals surface area contributed by atoms with Gasteiger partial charge in [-0.05, 0) is 67.8 Å². The Bertz CT molecular complexity index is 1590. The molecule has 1 N–H and O–H groups in total. The Balaban J connectivity index is 2.11. The van der Waals surface area contributed by atoms with Crippen LogP contribution in [-0.4, -0.2) is 63.4 Å². The van der Waals surface area contributed by atoms with E-state index in [4.69, 9.17) is 9.47 Å². The summed E-state index contributed by atoms with van der Waals surface area (Å²) in [5, 5.41) is 14.5. The van der Waals surface area contributed by atoms with Crippen molar-refractivity contribution < 1.29 is 32.4 Å². The van der Waals surface area contributed by atoms with Crippen LogP contribution >= 0.6 is 0 Å². The van der Waals surface area contributed by atoms with Crippen LogP contribution in [-0.2, 0) is 26.2 Å². The Kier molecular flexibility index (Phi) is 12.3. The van der Waals surface area contributed by atoms with Crippen molar-refractivity contribution in [1.82, 2.24) is 10.2 Å². The molecular formula is C32H40N4O8S. The van der Waals surface area contributed by atoms with Gasteiger partial charge in [0.15, 0.2) is 0 Å². The molecule has 13 heteroatoms. The Hall–Kier alpha value is -4.65. The maximum atomic E-state index is 14.2. The van der Waals surface area contributed by atoms with Gasteiger partial charge in [-0.1, -0.05) is 38.5 Å². The normalized spacial score (nSPS) is 11.8. The van der Waals surface area contributed by atoms with E-state index in [1.165, 1.54) is 50.3 Å². The first-order valence-corrected chi connectivity index (χ1v) is 16.0. The van der Waals surface area contributed by atoms with Crippen molar-refractivity contribution in [3.8, 4) is 11.5 Å². The lowest BCUT2D eigenvalue weighted by Crippen LogP contribution is -2.52. The molecule has 0 bridgehead atoms. The van der Waals surface area contributed by atoms with Crippen molar-refractivity contribution in [1.29, 1.82) is 0 Å². The molecule has 0 fully saturated rings. The van der Waals surface area contributed by atoms with Gasteiger partial charge in [0.1, 0.15) is 24.1 Å². The summed E-state index contributed by atoms with van der Waals surface area (Å²) in [7, 11) is -1.53. The van der Waals surface area contributed by atoms with Crippen LogP contribution in [0.15, 0.2) is 71.6 Å². The van der Waals surface area contributed by atoms with Crippen LogP contribution in [0.3, 0.4) is 0 Å². The summed E-state index contributed by atoms with van der Waals surface area (Å²) < 4.78 is 39.7. The van der Waals surface area contributed by atoms with E-state index in [0.29, 0.717) is 23.6 Å². The number of aryl methyl sites for hydroxylation is 1. The zero-order chi connectivity index (χ0) is 33.1. The van der Waals surface area contributed by atoms with Crippen molar-refractivity contribution in [3.63, 3.8) is 0 Å². The third-order valence-corrected chi connectivity index (χ3v) is 9.08. The maximum Gasteiger partial charge on any atom is 0.273 e. The van der Waals surface area contributed by atoms with E-state index in [9.17, 15) is 28.1 Å². The Morgan fingerprint density at radius 1 is 0.978 bits per heavy atom. The van der Waals surface area contributed by atoms with Crippen molar-refractivity contribution in [2.45, 2.75) is 57.5 Å². The van der Waals surface area contributed by atoms with E-state index in [0.717, 1.165) is 23.2 Å². The third kappa shape index (κ3) is 8.72. The van der Waals surface area contributed by atoms with Gasteiger partial charge in [0, 0.05) is 24.7 Å². The summed E-state index contributed by atoms with van der Waals surface area (Å²) >= 11 is 0. The molecule has 0 heterocycles. The van der Waals surface area contributed by atoms with Gasteiger partial charge in [0.25, 0.3) is 15.7 Å². The van der Waals surface area contributed by atoms with E-state index in [1.807, 2.05) is 6.92 Å². The summed E-state index contributed by atoms with van der Waals surface area (Å²) in [6, 6.07) is 15.8. The maximum absolute atomic E-state index is 14.2. The highest BCUT2D eigenvalue weighted by Crippen LogP contribution is 2.30. The summed E-state index contributed by atoms with van der Waals surface area (Å²) in [6.07, 6.45) is 1.90. The number of benzene rings is 3. The number of unbranched alkanes of at least 4 members (excludes halogenated alkanes) is 1. The van der Waals surface area contributed by atoms with Gasteiger partial charge in [-0.2, -0.15) is 0 Å². The van der Waals surface area contributed by atoms with Crippen molar-refractivity contribution >= 4 is 33.2 Å². The lowest BCUT2D eigenvalue weighted by Gasteiger charge is -2.33. The number of anilines is 1. The van der Waals surface area contributed by atoms with E-state index < -0.39 is 33.4 Å². The van der Waals surface area contributed by atoms with Crippen LogP contribution in [0, 0.1) is 17.0 Å². The molecule has 0 aliphatic heterocycles. The van der Waals surface area contributed by atoms with Gasteiger partial charge in [-0.25, -0.2) is 8.42 Å². The lowest BCUT2D eigenvalue weighted by molar-refractivity contribution is -0.385. The zero-order valence-electron chi connectivity index (χ0n) is 26.2. The molecular weight excluding hydrogens is 600 g/mol. The fraction of sp³-hybridized carbons (Fsp3) is 0.375. The van der Waals surface area contributed by atoms with Crippen molar-refractivity contribution in [3.05, 3.63) is 88.0 Å². The van der Waals surface area contributed by atoms with Crippen LogP contribution < -0.4 is 19.1 Å². The number of hydrogen-bond acceptors (Lipinski definition) is 8. The topological polar surface area (TPSA) is 148 Å². The van der Waals surface area contributed by atoms with Gasteiger partial charge in [-0.15, -0.1) is 0 Å². The second kappa shape index (κ2) is 15.9. The first-order chi connectivity index (χ1) is 21.5. The average Bonchev–Trinajstić information content (AvgIpc) is 3.03. The van der Waals surface area contributed by atoms with Crippen LogP contribution in [0.4, 0.5) is 11.4 Å². The molecule has 12 nitrogen and oxygen atoms in total. The van der Waals surface area contributed by atoms with Crippen molar-refractivity contribution in [2.75, 3.05) is 31.6 Å². The molecule has 0 saturated heterocycles. The first-order valence-electron chi connectivity index (χ1n) is 14.6. The third-order valence-electron chi connectivity index (χ3n) is 7.31. The van der Waals surface area contributed by atoms with E-state index in [2.05, 4.69) is 5.32 Å². The Labute approximate surface area is 264 Å². The number of nitrogens with zero attached hydrogens (tertiary/aromatic N) is 3. The summed E-state index contributed by atoms with van der Waals surface area (Å²) in [5.74, 6) is 0.0260. The number of amides is 2. The standard InChI is InChI=1S/C32H40N4O8S/c1-6-8-18-33-32(38)29(7-2)34(21-24-10-9-11-27(19-24)44-5)31(37)22-35(25-13-15-26(43-4)16-14-25)45(41,42)28-17-12-23(3)30(20-28)36(39)40/h9-17,19-20,29H,6-8,18,21-22H2,1-5H3,(H,33,38)/t29-/m0/s1. The number of sulfonamides is 1. The molecule has 3 rings (SSSR count). The van der Waals surface area contributed by atoms with Crippen LogP contribution in [0.2, 0.25) is 0 Å². The minimum Gasteiger partial charge on any atom is -0.497 e. The molecule has 3 aromatic carbocycles. The number of nitrogens with one attached hydrogen (secondary N) is 1. The molecule has 3 aromatic rings. The first kappa shape index (κ1) is 34.8. The monoisotopic (exact) mass is 640 g/mol. The molecule has 0 spiro atoms. The SMILES string of the molecule is CCCCNC(=O)[C@H](CC)N(Cc1cccc(OC)c1)C(=O)CN(c1ccc(OC)cc1)S(=O)(=O)c1ccc(C)c([N+](=O)[O-])c1. The largest absolute Gasteiger partial charge is 0.497 e. The van der Waals surface area contributed by atoms with Crippen LogP contribution in [0.5, 0.6) is 11.5 Å². The smallest absolute Gasteiger partial charge is 0.273 e. The Morgan fingerprint density at radius 2 is 1.67 bits per heavy atom. The highest BCUT2D eigenvalue weighted by Gasteiger charge is 2.34. The quantitative estimate of drug-likeness (QED) is 0.133. The summed E-state index contributed by atoms with van der Waals surface area (Å²) in [4.78, 5) is 39.6. The van der Waals surface area contributed by atoms with E-state index in [-0.39, 0.29) is 40.7 Å². The minimum atomic E-state index is -4.51. The predicted octanol–water partition coefficient (Wildman–Crippen LogP) is 4.84. The number of rotatable bonds is 16. The second-order valence-corrected chi connectivity index (χ2v) is 12.2. The van der Waals surface area contributed by atoms with Gasteiger partial charge in [0.05, 0.1) is 29.7 Å². The number of ether oxygens (including phenoxy) is 2. The number of nitro groups is 1. The van der Waals surface area contributed by atoms with Crippen LogP contribution in [0.25, 0.3) is 0 Å². The van der Waals surface area contributed by atoms with E-state index >= 15 is 0 Å². The van der Waals surface area contributed by atoms with Gasteiger partial charge in [0.2, 0.25) is 11.8 Å². The lowest BCUT2D eigenvalue weighted by atomic mass is 10.1. The van der Waals surface area contributed by atoms with Gasteiger partial charge < -0.3 is 19.7 Å². The molecule has 2 amide bonds. The van der Waals surface area contributed by atoms with E-state index in [1.54, 1.807) is 43.3 Å².